The average Bonchev–Trinajstić information content (AvgIpc) is 2.53. The summed E-state index contributed by atoms with van der Waals surface area (Å²) in [6.45, 7) is 2.42. The van der Waals surface area contributed by atoms with Gasteiger partial charge in [-0.15, -0.1) is 0 Å². The predicted octanol–water partition coefficient (Wildman–Crippen LogP) is 2.39. The summed E-state index contributed by atoms with van der Waals surface area (Å²) in [5.74, 6) is -0.295. The quantitative estimate of drug-likeness (QED) is 0.678. The number of amides is 3. The van der Waals surface area contributed by atoms with Crippen molar-refractivity contribution in [1.82, 2.24) is 16.0 Å². The monoisotopic (exact) mass is 343 g/mol. The summed E-state index contributed by atoms with van der Waals surface area (Å²) in [4.78, 5) is 23.7. The Balaban J connectivity index is 2.50. The highest BCUT2D eigenvalue weighted by Gasteiger charge is 2.17. The summed E-state index contributed by atoms with van der Waals surface area (Å²) in [7, 11) is 0. The maximum Gasteiger partial charge on any atom is 0.387 e. The van der Waals surface area contributed by atoms with Crippen molar-refractivity contribution >= 4 is 11.9 Å². The number of nitrogens with one attached hydrogen (secondary N) is 3. The fraction of sp³-hybridized carbons (Fsp3) is 0.500. The van der Waals surface area contributed by atoms with Crippen molar-refractivity contribution in [2.75, 3.05) is 0 Å². The van der Waals surface area contributed by atoms with E-state index in [4.69, 9.17) is 0 Å². The standard InChI is InChI=1S/C16H23F2N3O3/c1-4-10(2)20-14(22)11(3)21-16(23)19-9-12-7-5-6-8-13(12)24-15(17)18/h5-8,10-11,15H,4,9H2,1-3H3,(H,20,22)(H2,19,21,23)/t10-,11-/m1/s1. The summed E-state index contributed by atoms with van der Waals surface area (Å²) in [6, 6.07) is 4.89. The Hall–Kier alpha value is -2.38. The first-order valence-electron chi connectivity index (χ1n) is 7.71. The summed E-state index contributed by atoms with van der Waals surface area (Å²) in [5.41, 5.74) is 0.407. The lowest BCUT2D eigenvalue weighted by molar-refractivity contribution is -0.123. The maximum atomic E-state index is 12.3. The predicted molar refractivity (Wildman–Crippen MR) is 85.8 cm³/mol. The van der Waals surface area contributed by atoms with Gasteiger partial charge in [0.2, 0.25) is 5.91 Å². The average molecular weight is 343 g/mol. The van der Waals surface area contributed by atoms with Crippen molar-refractivity contribution < 1.29 is 23.1 Å². The maximum absolute atomic E-state index is 12.3. The fourth-order valence-electron chi connectivity index (χ4n) is 1.82. The number of hydrogen-bond donors (Lipinski definition) is 3. The molecule has 1 aromatic rings. The molecule has 134 valence electrons. The molecule has 8 heteroatoms. The van der Waals surface area contributed by atoms with Crippen molar-refractivity contribution in [2.24, 2.45) is 0 Å². The second-order valence-electron chi connectivity index (χ2n) is 5.35. The van der Waals surface area contributed by atoms with Crippen LogP contribution >= 0.6 is 0 Å². The molecule has 0 spiro atoms. The molecule has 0 heterocycles. The molecule has 3 amide bonds. The van der Waals surface area contributed by atoms with Crippen LogP contribution in [0.4, 0.5) is 13.6 Å². The number of carbonyl (C=O) groups is 2. The van der Waals surface area contributed by atoms with E-state index in [1.807, 2.05) is 13.8 Å². The van der Waals surface area contributed by atoms with Crippen molar-refractivity contribution in [1.29, 1.82) is 0 Å². The molecule has 0 unspecified atom stereocenters. The zero-order valence-electron chi connectivity index (χ0n) is 13.9. The van der Waals surface area contributed by atoms with Crippen LogP contribution in [0, 0.1) is 0 Å². The van der Waals surface area contributed by atoms with Crippen LogP contribution in [0.25, 0.3) is 0 Å². The molecular weight excluding hydrogens is 320 g/mol. The molecular formula is C16H23F2N3O3. The number of para-hydroxylation sites is 1. The first-order chi connectivity index (χ1) is 11.3. The van der Waals surface area contributed by atoms with Gasteiger partial charge < -0.3 is 20.7 Å². The smallest absolute Gasteiger partial charge is 0.387 e. The second kappa shape index (κ2) is 9.69. The van der Waals surface area contributed by atoms with E-state index in [1.165, 1.54) is 6.07 Å². The summed E-state index contributed by atoms with van der Waals surface area (Å²) in [5, 5.41) is 7.75. The fourth-order valence-corrected chi connectivity index (χ4v) is 1.82. The van der Waals surface area contributed by atoms with Crippen molar-refractivity contribution in [3.8, 4) is 5.75 Å². The summed E-state index contributed by atoms with van der Waals surface area (Å²) >= 11 is 0. The van der Waals surface area contributed by atoms with E-state index >= 15 is 0 Å². The number of hydrogen-bond acceptors (Lipinski definition) is 3. The Kier molecular flexibility index (Phi) is 7.94. The third-order valence-electron chi connectivity index (χ3n) is 3.37. The van der Waals surface area contributed by atoms with Gasteiger partial charge in [-0.2, -0.15) is 8.78 Å². The zero-order chi connectivity index (χ0) is 18.1. The van der Waals surface area contributed by atoms with E-state index in [1.54, 1.807) is 25.1 Å². The van der Waals surface area contributed by atoms with Crippen LogP contribution in [-0.2, 0) is 11.3 Å². The highest BCUT2D eigenvalue weighted by Crippen LogP contribution is 2.19. The Morgan fingerprint density at radius 2 is 1.83 bits per heavy atom. The number of benzene rings is 1. The molecule has 0 saturated heterocycles. The summed E-state index contributed by atoms with van der Waals surface area (Å²) < 4.78 is 29.0. The van der Waals surface area contributed by atoms with Crippen LogP contribution in [-0.4, -0.2) is 30.6 Å². The lowest BCUT2D eigenvalue weighted by atomic mass is 10.2. The van der Waals surface area contributed by atoms with Gasteiger partial charge in [0.15, 0.2) is 0 Å². The van der Waals surface area contributed by atoms with E-state index in [-0.39, 0.29) is 24.2 Å². The molecule has 1 rings (SSSR count). The normalized spacial score (nSPS) is 13.1. The molecule has 0 saturated carbocycles. The van der Waals surface area contributed by atoms with Crippen LogP contribution in [0.1, 0.15) is 32.8 Å². The number of ether oxygens (including phenoxy) is 1. The molecule has 0 aliphatic heterocycles. The molecule has 0 bridgehead atoms. The Bertz CT molecular complexity index is 555. The minimum absolute atomic E-state index is 0.00429. The van der Waals surface area contributed by atoms with Gasteiger partial charge in [-0.25, -0.2) is 4.79 Å². The lowest BCUT2D eigenvalue weighted by Gasteiger charge is -2.18. The van der Waals surface area contributed by atoms with Crippen LogP contribution in [0.2, 0.25) is 0 Å². The van der Waals surface area contributed by atoms with E-state index in [9.17, 15) is 18.4 Å². The van der Waals surface area contributed by atoms with Gasteiger partial charge in [-0.05, 0) is 26.3 Å². The van der Waals surface area contributed by atoms with Crippen molar-refractivity contribution in [3.63, 3.8) is 0 Å². The topological polar surface area (TPSA) is 79.5 Å². The first-order valence-corrected chi connectivity index (χ1v) is 7.71. The van der Waals surface area contributed by atoms with Gasteiger partial charge >= 0.3 is 12.6 Å². The van der Waals surface area contributed by atoms with Crippen molar-refractivity contribution in [2.45, 2.75) is 52.4 Å². The highest BCUT2D eigenvalue weighted by atomic mass is 19.3. The highest BCUT2D eigenvalue weighted by molar-refractivity contribution is 5.86. The number of halogens is 2. The van der Waals surface area contributed by atoms with Crippen LogP contribution in [0.15, 0.2) is 24.3 Å². The minimum Gasteiger partial charge on any atom is -0.434 e. The number of urea groups is 1. The largest absolute Gasteiger partial charge is 0.434 e. The molecule has 24 heavy (non-hydrogen) atoms. The molecule has 0 aliphatic rings. The van der Waals surface area contributed by atoms with Gasteiger partial charge in [-0.1, -0.05) is 25.1 Å². The molecule has 6 nitrogen and oxygen atoms in total. The molecule has 0 aliphatic carbocycles. The molecule has 2 atom stereocenters. The SMILES string of the molecule is CC[C@@H](C)NC(=O)[C@@H](C)NC(=O)NCc1ccccc1OC(F)F. The Labute approximate surface area is 139 Å². The van der Waals surface area contributed by atoms with Gasteiger partial charge in [-0.3, -0.25) is 4.79 Å². The lowest BCUT2D eigenvalue weighted by Crippen LogP contribution is -2.50. The minimum atomic E-state index is -2.94. The van der Waals surface area contributed by atoms with Gasteiger partial charge in [0.05, 0.1) is 0 Å². The first kappa shape index (κ1) is 19.7. The van der Waals surface area contributed by atoms with Crippen LogP contribution in [0.3, 0.4) is 0 Å². The Morgan fingerprint density at radius 1 is 1.17 bits per heavy atom. The number of alkyl halides is 2. The molecule has 3 N–H and O–H groups in total. The van der Waals surface area contributed by atoms with Crippen LogP contribution in [0.5, 0.6) is 5.75 Å². The number of rotatable bonds is 8. The van der Waals surface area contributed by atoms with E-state index in [0.29, 0.717) is 5.56 Å². The molecule has 0 aromatic heterocycles. The summed E-state index contributed by atoms with van der Waals surface area (Å²) in [6.07, 6.45) is 0.783. The van der Waals surface area contributed by atoms with Gasteiger partial charge in [0.25, 0.3) is 0 Å². The van der Waals surface area contributed by atoms with E-state index in [0.717, 1.165) is 6.42 Å². The third-order valence-corrected chi connectivity index (χ3v) is 3.37. The van der Waals surface area contributed by atoms with Gasteiger partial charge in [0, 0.05) is 18.2 Å². The van der Waals surface area contributed by atoms with Gasteiger partial charge in [0.1, 0.15) is 11.8 Å². The Morgan fingerprint density at radius 3 is 2.46 bits per heavy atom. The molecule has 0 radical (unpaired) electrons. The second-order valence-corrected chi connectivity index (χ2v) is 5.35. The van der Waals surface area contributed by atoms with E-state index < -0.39 is 18.7 Å². The molecule has 1 aromatic carbocycles. The zero-order valence-corrected chi connectivity index (χ0v) is 13.9. The molecule has 0 fully saturated rings. The third kappa shape index (κ3) is 6.80. The van der Waals surface area contributed by atoms with Crippen molar-refractivity contribution in [3.05, 3.63) is 29.8 Å². The number of carbonyl (C=O) groups excluding carboxylic acids is 2. The van der Waals surface area contributed by atoms with Crippen LogP contribution < -0.4 is 20.7 Å². The van der Waals surface area contributed by atoms with E-state index in [2.05, 4.69) is 20.7 Å².